The Morgan fingerprint density at radius 1 is 1.00 bits per heavy atom. The van der Waals surface area contributed by atoms with Crippen molar-refractivity contribution in [1.82, 2.24) is 0 Å². The zero-order chi connectivity index (χ0) is 14.0. The second-order valence-corrected chi connectivity index (χ2v) is 5.73. The van der Waals surface area contributed by atoms with Crippen molar-refractivity contribution in [1.29, 1.82) is 0 Å². The van der Waals surface area contributed by atoms with Crippen molar-refractivity contribution in [3.63, 3.8) is 0 Å². The molecule has 1 aromatic carbocycles. The molecule has 2 bridgehead atoms. The molecule has 3 aliphatic rings. The lowest BCUT2D eigenvalue weighted by atomic mass is 9.85. The van der Waals surface area contributed by atoms with Crippen LogP contribution in [0.5, 0.6) is 0 Å². The van der Waals surface area contributed by atoms with Gasteiger partial charge >= 0.3 is 0 Å². The SMILES string of the molecule is Cc1cccc(N2C(=O)[C@H]3[C@H](C2=O)[C@H]2C=C[C@H]3O2)c1C. The van der Waals surface area contributed by atoms with Crippen LogP contribution in [-0.4, -0.2) is 24.0 Å². The summed E-state index contributed by atoms with van der Waals surface area (Å²) >= 11 is 0. The van der Waals surface area contributed by atoms with E-state index in [-0.39, 0.29) is 35.9 Å². The van der Waals surface area contributed by atoms with Gasteiger partial charge in [0, 0.05) is 0 Å². The van der Waals surface area contributed by atoms with Crippen LogP contribution in [0.15, 0.2) is 30.4 Å². The normalized spacial score (nSPS) is 34.2. The van der Waals surface area contributed by atoms with Crippen molar-refractivity contribution in [3.8, 4) is 0 Å². The summed E-state index contributed by atoms with van der Waals surface area (Å²) in [6.45, 7) is 3.93. The Balaban J connectivity index is 1.80. The highest BCUT2D eigenvalue weighted by Crippen LogP contribution is 2.46. The van der Waals surface area contributed by atoms with E-state index in [2.05, 4.69) is 0 Å². The standard InChI is InChI=1S/C16H15NO3/c1-8-4-3-5-10(9(8)2)17-15(18)13-11-6-7-12(20-11)14(13)16(17)19/h3-7,11-14H,1-2H3/t11-,12-,13-,14-/m1/s1. The van der Waals surface area contributed by atoms with Crippen LogP contribution in [0, 0.1) is 25.7 Å². The number of amides is 2. The summed E-state index contributed by atoms with van der Waals surface area (Å²) in [4.78, 5) is 26.7. The van der Waals surface area contributed by atoms with Crippen LogP contribution in [-0.2, 0) is 14.3 Å². The van der Waals surface area contributed by atoms with E-state index in [1.54, 1.807) is 0 Å². The van der Waals surface area contributed by atoms with E-state index >= 15 is 0 Å². The van der Waals surface area contributed by atoms with E-state index in [4.69, 9.17) is 4.74 Å². The van der Waals surface area contributed by atoms with Gasteiger partial charge in [0.1, 0.15) is 0 Å². The summed E-state index contributed by atoms with van der Waals surface area (Å²) in [6.07, 6.45) is 3.36. The molecule has 20 heavy (non-hydrogen) atoms. The van der Waals surface area contributed by atoms with E-state index in [0.29, 0.717) is 5.69 Å². The lowest BCUT2D eigenvalue weighted by Crippen LogP contribution is -2.35. The van der Waals surface area contributed by atoms with Gasteiger partial charge in [0.05, 0.1) is 29.7 Å². The molecule has 3 heterocycles. The summed E-state index contributed by atoms with van der Waals surface area (Å²) in [6, 6.07) is 5.71. The number of rotatable bonds is 1. The molecule has 0 radical (unpaired) electrons. The summed E-state index contributed by atoms with van der Waals surface area (Å²) in [7, 11) is 0. The largest absolute Gasteiger partial charge is 0.365 e. The van der Waals surface area contributed by atoms with Crippen molar-refractivity contribution in [2.24, 2.45) is 11.8 Å². The van der Waals surface area contributed by atoms with Gasteiger partial charge in [0.15, 0.2) is 0 Å². The highest BCUT2D eigenvalue weighted by atomic mass is 16.5. The van der Waals surface area contributed by atoms with Crippen molar-refractivity contribution in [2.45, 2.75) is 26.1 Å². The molecule has 0 unspecified atom stereocenters. The molecule has 102 valence electrons. The van der Waals surface area contributed by atoms with Gasteiger partial charge in [-0.2, -0.15) is 0 Å². The molecular weight excluding hydrogens is 254 g/mol. The average Bonchev–Trinajstić information content (AvgIpc) is 3.09. The number of nitrogens with zero attached hydrogens (tertiary/aromatic N) is 1. The molecule has 2 saturated heterocycles. The van der Waals surface area contributed by atoms with Crippen LogP contribution in [0.1, 0.15) is 11.1 Å². The van der Waals surface area contributed by atoms with Gasteiger partial charge < -0.3 is 4.74 Å². The van der Waals surface area contributed by atoms with Gasteiger partial charge in [0.25, 0.3) is 0 Å². The number of imide groups is 1. The van der Waals surface area contributed by atoms with Crippen LogP contribution < -0.4 is 4.90 Å². The fourth-order valence-electron chi connectivity index (χ4n) is 3.52. The van der Waals surface area contributed by atoms with Crippen molar-refractivity contribution in [3.05, 3.63) is 41.5 Å². The first kappa shape index (κ1) is 11.9. The molecule has 4 heteroatoms. The number of aryl methyl sites for hydroxylation is 1. The van der Waals surface area contributed by atoms with Crippen LogP contribution >= 0.6 is 0 Å². The van der Waals surface area contributed by atoms with Gasteiger partial charge in [-0.25, -0.2) is 4.90 Å². The predicted octanol–water partition coefficient (Wildman–Crippen LogP) is 1.75. The van der Waals surface area contributed by atoms with Crippen molar-refractivity contribution >= 4 is 17.5 Å². The molecule has 0 aliphatic carbocycles. The van der Waals surface area contributed by atoms with Crippen molar-refractivity contribution < 1.29 is 14.3 Å². The first-order chi connectivity index (χ1) is 9.59. The zero-order valence-corrected chi connectivity index (χ0v) is 11.4. The smallest absolute Gasteiger partial charge is 0.240 e. The third-order valence-electron chi connectivity index (χ3n) is 4.73. The minimum atomic E-state index is -0.336. The number of carbonyl (C=O) groups excluding carboxylic acids is 2. The molecule has 0 spiro atoms. The monoisotopic (exact) mass is 269 g/mol. The molecule has 4 rings (SSSR count). The minimum absolute atomic E-state index is 0.120. The Morgan fingerprint density at radius 3 is 2.20 bits per heavy atom. The van der Waals surface area contributed by atoms with Gasteiger partial charge in [-0.05, 0) is 31.0 Å². The van der Waals surface area contributed by atoms with Crippen molar-refractivity contribution in [2.75, 3.05) is 4.90 Å². The quantitative estimate of drug-likeness (QED) is 0.576. The molecular formula is C16H15NO3. The Hall–Kier alpha value is -1.94. The molecule has 4 atom stereocenters. The maximum Gasteiger partial charge on any atom is 0.240 e. The van der Waals surface area contributed by atoms with E-state index in [0.717, 1.165) is 11.1 Å². The Kier molecular flexibility index (Phi) is 2.25. The van der Waals surface area contributed by atoms with E-state index in [1.165, 1.54) is 4.90 Å². The van der Waals surface area contributed by atoms with Crippen LogP contribution in [0.2, 0.25) is 0 Å². The first-order valence-corrected chi connectivity index (χ1v) is 6.87. The summed E-state index contributed by atoms with van der Waals surface area (Å²) in [5.41, 5.74) is 2.78. The fourth-order valence-corrected chi connectivity index (χ4v) is 3.52. The highest BCUT2D eigenvalue weighted by molar-refractivity contribution is 6.23. The number of carbonyl (C=O) groups is 2. The molecule has 0 N–H and O–H groups in total. The Morgan fingerprint density at radius 2 is 1.60 bits per heavy atom. The second kappa shape index (κ2) is 3.79. The van der Waals surface area contributed by atoms with Gasteiger partial charge in [-0.15, -0.1) is 0 Å². The maximum atomic E-state index is 12.6. The molecule has 0 aromatic heterocycles. The lowest BCUT2D eigenvalue weighted by Gasteiger charge is -2.20. The molecule has 2 fully saturated rings. The number of benzene rings is 1. The average molecular weight is 269 g/mol. The summed E-state index contributed by atoms with van der Waals surface area (Å²) < 4.78 is 5.64. The van der Waals surface area contributed by atoms with Crippen LogP contribution in [0.4, 0.5) is 5.69 Å². The Bertz CT molecular complexity index is 634. The molecule has 3 aliphatic heterocycles. The van der Waals surface area contributed by atoms with Gasteiger partial charge in [-0.1, -0.05) is 24.3 Å². The number of hydrogen-bond donors (Lipinski definition) is 0. The lowest BCUT2D eigenvalue weighted by molar-refractivity contribution is -0.124. The number of ether oxygens (including phenoxy) is 1. The third kappa shape index (κ3) is 1.29. The first-order valence-electron chi connectivity index (χ1n) is 6.87. The fraction of sp³-hybridized carbons (Fsp3) is 0.375. The molecule has 1 aromatic rings. The number of hydrogen-bond acceptors (Lipinski definition) is 3. The Labute approximate surface area is 117 Å². The highest BCUT2D eigenvalue weighted by Gasteiger charge is 2.61. The number of anilines is 1. The predicted molar refractivity (Wildman–Crippen MR) is 73.2 cm³/mol. The molecule has 4 nitrogen and oxygen atoms in total. The summed E-state index contributed by atoms with van der Waals surface area (Å²) in [5.74, 6) is -0.911. The van der Waals surface area contributed by atoms with E-state index < -0.39 is 0 Å². The minimum Gasteiger partial charge on any atom is -0.365 e. The van der Waals surface area contributed by atoms with E-state index in [1.807, 2.05) is 44.2 Å². The second-order valence-electron chi connectivity index (χ2n) is 5.73. The zero-order valence-electron chi connectivity index (χ0n) is 11.4. The maximum absolute atomic E-state index is 12.6. The molecule has 2 amide bonds. The van der Waals surface area contributed by atoms with Gasteiger partial charge in [-0.3, -0.25) is 9.59 Å². The van der Waals surface area contributed by atoms with Crippen LogP contribution in [0.3, 0.4) is 0 Å². The van der Waals surface area contributed by atoms with E-state index in [9.17, 15) is 9.59 Å². The topological polar surface area (TPSA) is 46.6 Å². The van der Waals surface area contributed by atoms with Gasteiger partial charge in [0.2, 0.25) is 11.8 Å². The summed E-state index contributed by atoms with van der Waals surface area (Å²) in [5, 5.41) is 0. The third-order valence-corrected chi connectivity index (χ3v) is 4.73. The number of fused-ring (bicyclic) bond motifs is 5. The van der Waals surface area contributed by atoms with Crippen LogP contribution in [0.25, 0.3) is 0 Å². The molecule has 0 saturated carbocycles.